The van der Waals surface area contributed by atoms with Gasteiger partial charge in [-0.2, -0.15) is 0 Å². The minimum atomic E-state index is -0.268. The van der Waals surface area contributed by atoms with Crippen LogP contribution in [0.1, 0.15) is 16.1 Å². The highest BCUT2D eigenvalue weighted by Gasteiger charge is 2.15. The number of anilines is 1. The van der Waals surface area contributed by atoms with Crippen molar-refractivity contribution in [3.63, 3.8) is 0 Å². The zero-order chi connectivity index (χ0) is 19.5. The molecule has 0 saturated carbocycles. The molecule has 0 aliphatic rings. The lowest BCUT2D eigenvalue weighted by Gasteiger charge is -2.07. The summed E-state index contributed by atoms with van der Waals surface area (Å²) in [7, 11) is 1.63. The number of benzene rings is 2. The molecule has 0 bridgehead atoms. The molecule has 7 heteroatoms. The number of aryl methyl sites for hydroxylation is 1. The number of rotatable bonds is 5. The van der Waals surface area contributed by atoms with Crippen LogP contribution in [0.2, 0.25) is 0 Å². The fraction of sp³-hybridized carbons (Fsp3) is 0.0952. The Hall–Kier alpha value is -3.03. The number of carbonyl (C=O) groups excluding carboxylic acids is 1. The van der Waals surface area contributed by atoms with Gasteiger partial charge in [-0.1, -0.05) is 42.0 Å². The number of thiazole rings is 2. The molecule has 0 atom stereocenters. The molecule has 28 heavy (non-hydrogen) atoms. The maximum atomic E-state index is 12.6. The number of amides is 1. The Balaban J connectivity index is 1.53. The van der Waals surface area contributed by atoms with Crippen molar-refractivity contribution < 1.29 is 9.53 Å². The average molecular weight is 408 g/mol. The van der Waals surface area contributed by atoms with E-state index in [9.17, 15) is 4.79 Å². The molecular weight excluding hydrogens is 390 g/mol. The van der Waals surface area contributed by atoms with E-state index in [1.165, 1.54) is 22.7 Å². The van der Waals surface area contributed by atoms with E-state index in [4.69, 9.17) is 4.74 Å². The third kappa shape index (κ3) is 3.81. The molecule has 4 aromatic rings. The van der Waals surface area contributed by atoms with E-state index in [1.54, 1.807) is 12.5 Å². The molecule has 0 aliphatic carbocycles. The van der Waals surface area contributed by atoms with Gasteiger partial charge >= 0.3 is 0 Å². The summed E-state index contributed by atoms with van der Waals surface area (Å²) < 4.78 is 5.43. The van der Waals surface area contributed by atoms with Gasteiger partial charge in [0, 0.05) is 21.9 Å². The van der Waals surface area contributed by atoms with Crippen molar-refractivity contribution in [1.82, 2.24) is 9.97 Å². The van der Waals surface area contributed by atoms with Gasteiger partial charge in [0.05, 0.1) is 12.8 Å². The van der Waals surface area contributed by atoms with Gasteiger partial charge in [-0.15, -0.1) is 22.7 Å². The molecule has 0 spiro atoms. The smallest absolute Gasteiger partial charge is 0.276 e. The Morgan fingerprint density at radius 2 is 1.86 bits per heavy atom. The summed E-state index contributed by atoms with van der Waals surface area (Å²) in [6.45, 7) is 2.02. The molecule has 5 nitrogen and oxygen atoms in total. The van der Waals surface area contributed by atoms with Crippen molar-refractivity contribution in [1.29, 1.82) is 0 Å². The summed E-state index contributed by atoms with van der Waals surface area (Å²) in [5.41, 5.74) is 4.16. The number of nitrogens with one attached hydrogen (secondary N) is 1. The van der Waals surface area contributed by atoms with Crippen molar-refractivity contribution in [2.45, 2.75) is 6.92 Å². The van der Waals surface area contributed by atoms with Gasteiger partial charge < -0.3 is 4.74 Å². The van der Waals surface area contributed by atoms with Crippen LogP contribution in [0.4, 0.5) is 5.13 Å². The first-order valence-corrected chi connectivity index (χ1v) is 10.3. The zero-order valence-corrected chi connectivity index (χ0v) is 16.9. The Morgan fingerprint density at radius 1 is 1.04 bits per heavy atom. The minimum absolute atomic E-state index is 0.268. The lowest BCUT2D eigenvalue weighted by atomic mass is 10.1. The van der Waals surface area contributed by atoms with Gasteiger partial charge in [0.15, 0.2) is 5.13 Å². The quantitative estimate of drug-likeness (QED) is 0.474. The lowest BCUT2D eigenvalue weighted by molar-refractivity contribution is 0.102. The predicted molar refractivity (Wildman–Crippen MR) is 114 cm³/mol. The van der Waals surface area contributed by atoms with Crippen LogP contribution < -0.4 is 10.1 Å². The zero-order valence-electron chi connectivity index (χ0n) is 15.3. The average Bonchev–Trinajstić information content (AvgIpc) is 3.38. The van der Waals surface area contributed by atoms with Crippen LogP contribution in [0, 0.1) is 6.92 Å². The van der Waals surface area contributed by atoms with Crippen molar-refractivity contribution in [3.05, 3.63) is 70.5 Å². The third-order valence-electron chi connectivity index (χ3n) is 4.11. The molecule has 140 valence electrons. The van der Waals surface area contributed by atoms with Crippen LogP contribution in [0.3, 0.4) is 0 Å². The highest BCUT2D eigenvalue weighted by atomic mass is 32.1. The monoisotopic (exact) mass is 407 g/mol. The number of methoxy groups -OCH3 is 1. The molecule has 2 aromatic heterocycles. The summed E-state index contributed by atoms with van der Waals surface area (Å²) in [5.74, 6) is 0.483. The van der Waals surface area contributed by atoms with Crippen molar-refractivity contribution in [2.24, 2.45) is 0 Å². The highest BCUT2D eigenvalue weighted by Crippen LogP contribution is 2.33. The van der Waals surface area contributed by atoms with Gasteiger partial charge in [-0.3, -0.25) is 10.1 Å². The van der Waals surface area contributed by atoms with Crippen molar-refractivity contribution in [3.8, 4) is 27.6 Å². The SMILES string of the molecule is COc1ccc(C)cc1-c1csc(NC(=O)c2csc(-c3ccccc3)n2)n1. The molecule has 0 radical (unpaired) electrons. The van der Waals surface area contributed by atoms with Gasteiger partial charge in [0.2, 0.25) is 0 Å². The van der Waals surface area contributed by atoms with Crippen LogP contribution in [-0.4, -0.2) is 23.0 Å². The molecule has 0 saturated heterocycles. The summed E-state index contributed by atoms with van der Waals surface area (Å²) in [6, 6.07) is 15.7. The van der Waals surface area contributed by atoms with E-state index in [0.717, 1.165) is 33.1 Å². The van der Waals surface area contributed by atoms with Crippen LogP contribution in [0.15, 0.2) is 59.3 Å². The lowest BCUT2D eigenvalue weighted by Crippen LogP contribution is -2.12. The van der Waals surface area contributed by atoms with E-state index in [-0.39, 0.29) is 5.91 Å². The van der Waals surface area contributed by atoms with E-state index in [2.05, 4.69) is 15.3 Å². The first-order chi connectivity index (χ1) is 13.6. The van der Waals surface area contributed by atoms with Crippen LogP contribution in [0.25, 0.3) is 21.8 Å². The first-order valence-electron chi connectivity index (χ1n) is 8.57. The predicted octanol–water partition coefficient (Wildman–Crippen LogP) is 5.50. The van der Waals surface area contributed by atoms with E-state index in [1.807, 2.05) is 60.8 Å². The molecule has 2 heterocycles. The van der Waals surface area contributed by atoms with Gasteiger partial charge in [-0.25, -0.2) is 9.97 Å². The molecule has 1 N–H and O–H groups in total. The van der Waals surface area contributed by atoms with E-state index in [0.29, 0.717) is 10.8 Å². The number of aromatic nitrogens is 2. The maximum absolute atomic E-state index is 12.6. The normalized spacial score (nSPS) is 10.6. The Kier molecular flexibility index (Phi) is 5.18. The van der Waals surface area contributed by atoms with Gasteiger partial charge in [0.1, 0.15) is 16.5 Å². The van der Waals surface area contributed by atoms with Crippen molar-refractivity contribution >= 4 is 33.7 Å². The number of carbonyl (C=O) groups is 1. The first kappa shape index (κ1) is 18.3. The van der Waals surface area contributed by atoms with Crippen molar-refractivity contribution in [2.75, 3.05) is 12.4 Å². The van der Waals surface area contributed by atoms with E-state index >= 15 is 0 Å². The number of nitrogens with zero attached hydrogens (tertiary/aromatic N) is 2. The second-order valence-electron chi connectivity index (χ2n) is 6.10. The number of hydrogen-bond acceptors (Lipinski definition) is 6. The number of ether oxygens (including phenoxy) is 1. The molecule has 1 amide bonds. The van der Waals surface area contributed by atoms with Gasteiger partial charge in [-0.05, 0) is 19.1 Å². The molecular formula is C21H17N3O2S2. The van der Waals surface area contributed by atoms with Crippen LogP contribution in [0.5, 0.6) is 5.75 Å². The summed E-state index contributed by atoms with van der Waals surface area (Å²) in [4.78, 5) is 21.5. The molecule has 4 rings (SSSR count). The molecule has 0 fully saturated rings. The fourth-order valence-corrected chi connectivity index (χ4v) is 4.24. The van der Waals surface area contributed by atoms with Gasteiger partial charge in [0.25, 0.3) is 5.91 Å². The third-order valence-corrected chi connectivity index (χ3v) is 5.76. The Bertz CT molecular complexity index is 1120. The topological polar surface area (TPSA) is 64.1 Å². The molecule has 0 aliphatic heterocycles. The Labute approximate surface area is 170 Å². The summed E-state index contributed by atoms with van der Waals surface area (Å²) in [6.07, 6.45) is 0. The second kappa shape index (κ2) is 7.92. The largest absolute Gasteiger partial charge is 0.496 e. The summed E-state index contributed by atoms with van der Waals surface area (Å²) in [5, 5.41) is 7.84. The fourth-order valence-electron chi connectivity index (χ4n) is 2.73. The minimum Gasteiger partial charge on any atom is -0.496 e. The van der Waals surface area contributed by atoms with Crippen LogP contribution >= 0.6 is 22.7 Å². The Morgan fingerprint density at radius 3 is 2.64 bits per heavy atom. The number of hydrogen-bond donors (Lipinski definition) is 1. The maximum Gasteiger partial charge on any atom is 0.276 e. The molecule has 2 aromatic carbocycles. The molecule has 0 unspecified atom stereocenters. The standard InChI is InChI=1S/C21H17N3O2S2/c1-13-8-9-18(26-2)15(10-13)16-11-28-21(23-16)24-19(25)17-12-27-20(22-17)14-6-4-3-5-7-14/h3-12H,1-2H3,(H,23,24,25). The summed E-state index contributed by atoms with van der Waals surface area (Å²) >= 11 is 2.82. The van der Waals surface area contributed by atoms with E-state index < -0.39 is 0 Å². The van der Waals surface area contributed by atoms with Crippen LogP contribution in [-0.2, 0) is 0 Å². The second-order valence-corrected chi connectivity index (χ2v) is 7.82. The highest BCUT2D eigenvalue weighted by molar-refractivity contribution is 7.14.